The van der Waals surface area contributed by atoms with Crippen LogP contribution in [0.5, 0.6) is 11.5 Å². The second-order valence-electron chi connectivity index (χ2n) is 5.01. The summed E-state index contributed by atoms with van der Waals surface area (Å²) in [5.74, 6) is 0.787. The minimum absolute atomic E-state index is 0.220. The number of nitrogens with one attached hydrogen (secondary N) is 1. The Morgan fingerprint density at radius 1 is 1.00 bits per heavy atom. The molecular formula is C18H17N3O3. The lowest BCUT2D eigenvalue weighted by atomic mass is 10.3. The van der Waals surface area contributed by atoms with Crippen molar-refractivity contribution in [3.63, 3.8) is 0 Å². The smallest absolute Gasteiger partial charge is 0.280 e. The normalized spacial score (nSPS) is 10.2. The fourth-order valence-corrected chi connectivity index (χ4v) is 2.24. The second-order valence-corrected chi connectivity index (χ2v) is 5.01. The third-order valence-corrected chi connectivity index (χ3v) is 3.48. The highest BCUT2D eigenvalue weighted by Gasteiger charge is 2.18. The van der Waals surface area contributed by atoms with E-state index < -0.39 is 0 Å². The number of rotatable bonds is 5. The number of anilines is 1. The molecule has 122 valence electrons. The highest BCUT2D eigenvalue weighted by Crippen LogP contribution is 2.21. The number of amides is 1. The maximum absolute atomic E-state index is 12.5. The van der Waals surface area contributed by atoms with Crippen LogP contribution < -0.4 is 14.8 Å². The molecule has 3 rings (SSSR count). The lowest BCUT2D eigenvalue weighted by Gasteiger charge is -2.05. The second kappa shape index (κ2) is 6.87. The number of methoxy groups -OCH3 is 2. The Balaban J connectivity index is 1.84. The van der Waals surface area contributed by atoms with Gasteiger partial charge < -0.3 is 14.8 Å². The van der Waals surface area contributed by atoms with Crippen molar-refractivity contribution in [2.75, 3.05) is 19.5 Å². The number of para-hydroxylation sites is 1. The number of carbonyl (C=O) groups excluding carboxylic acids is 1. The predicted molar refractivity (Wildman–Crippen MR) is 91.1 cm³/mol. The highest BCUT2D eigenvalue weighted by molar-refractivity contribution is 6.04. The first-order valence-corrected chi connectivity index (χ1v) is 7.36. The molecule has 3 aromatic rings. The van der Waals surface area contributed by atoms with Gasteiger partial charge in [-0.05, 0) is 36.4 Å². The molecule has 1 N–H and O–H groups in total. The molecule has 0 atom stereocenters. The van der Waals surface area contributed by atoms with Gasteiger partial charge >= 0.3 is 0 Å². The number of carbonyl (C=O) groups is 1. The molecule has 0 saturated carbocycles. The average molecular weight is 323 g/mol. The number of aromatic nitrogens is 2. The maximum Gasteiger partial charge on any atom is 0.280 e. The maximum atomic E-state index is 12.5. The minimum atomic E-state index is -0.341. The van der Waals surface area contributed by atoms with Crippen molar-refractivity contribution < 1.29 is 14.3 Å². The molecule has 0 aliphatic carbocycles. The van der Waals surface area contributed by atoms with Crippen LogP contribution in [-0.4, -0.2) is 29.9 Å². The van der Waals surface area contributed by atoms with E-state index in [0.717, 1.165) is 11.4 Å². The van der Waals surface area contributed by atoms with Crippen LogP contribution in [0.2, 0.25) is 0 Å². The zero-order valence-corrected chi connectivity index (χ0v) is 13.4. The van der Waals surface area contributed by atoms with Gasteiger partial charge in [-0.1, -0.05) is 18.2 Å². The molecule has 24 heavy (non-hydrogen) atoms. The van der Waals surface area contributed by atoms with Crippen LogP contribution in [0.3, 0.4) is 0 Å². The number of hydrogen-bond donors (Lipinski definition) is 1. The molecule has 1 heterocycles. The van der Waals surface area contributed by atoms with Gasteiger partial charge in [0.15, 0.2) is 11.4 Å². The largest absolute Gasteiger partial charge is 0.497 e. The molecule has 0 unspecified atom stereocenters. The standard InChI is InChI=1S/C18H17N3O3/c1-23-15-10-8-13(9-11-15)19-18(22)17-16(24-2)12-21(20-17)14-6-4-3-5-7-14/h3-12H,1-2H3,(H,19,22). The monoisotopic (exact) mass is 323 g/mol. The molecule has 6 heteroatoms. The summed E-state index contributed by atoms with van der Waals surface area (Å²) < 4.78 is 12.0. The summed E-state index contributed by atoms with van der Waals surface area (Å²) >= 11 is 0. The Morgan fingerprint density at radius 2 is 1.71 bits per heavy atom. The Labute approximate surface area is 139 Å². The molecule has 0 bridgehead atoms. The summed E-state index contributed by atoms with van der Waals surface area (Å²) in [7, 11) is 3.10. The van der Waals surface area contributed by atoms with Gasteiger partial charge in [0.05, 0.1) is 26.1 Å². The molecule has 0 radical (unpaired) electrons. The summed E-state index contributed by atoms with van der Waals surface area (Å²) in [6.45, 7) is 0. The number of hydrogen-bond acceptors (Lipinski definition) is 4. The van der Waals surface area contributed by atoms with Crippen molar-refractivity contribution in [1.29, 1.82) is 0 Å². The third kappa shape index (κ3) is 3.22. The first-order valence-electron chi connectivity index (χ1n) is 7.36. The zero-order chi connectivity index (χ0) is 16.9. The van der Waals surface area contributed by atoms with E-state index in [1.165, 1.54) is 7.11 Å². The minimum Gasteiger partial charge on any atom is -0.497 e. The first kappa shape index (κ1) is 15.6. The summed E-state index contributed by atoms with van der Waals surface area (Å²) in [6, 6.07) is 16.6. The molecular weight excluding hydrogens is 306 g/mol. The molecule has 0 aliphatic heterocycles. The molecule has 0 fully saturated rings. The van der Waals surface area contributed by atoms with Gasteiger partial charge in [-0.15, -0.1) is 0 Å². The first-order chi connectivity index (χ1) is 11.7. The van der Waals surface area contributed by atoms with Gasteiger partial charge in [0.2, 0.25) is 0 Å². The van der Waals surface area contributed by atoms with E-state index in [9.17, 15) is 4.79 Å². The Morgan fingerprint density at radius 3 is 2.33 bits per heavy atom. The molecule has 1 amide bonds. The van der Waals surface area contributed by atoms with Crippen LogP contribution in [0.4, 0.5) is 5.69 Å². The number of ether oxygens (including phenoxy) is 2. The Hall–Kier alpha value is -3.28. The van der Waals surface area contributed by atoms with Gasteiger partial charge in [0.1, 0.15) is 5.75 Å². The molecule has 2 aromatic carbocycles. The highest BCUT2D eigenvalue weighted by atomic mass is 16.5. The lowest BCUT2D eigenvalue weighted by molar-refractivity contribution is 0.101. The third-order valence-electron chi connectivity index (χ3n) is 3.48. The number of nitrogens with zero attached hydrogens (tertiary/aromatic N) is 2. The summed E-state index contributed by atoms with van der Waals surface area (Å²) in [5, 5.41) is 7.13. The van der Waals surface area contributed by atoms with Gasteiger partial charge in [0.25, 0.3) is 5.91 Å². The van der Waals surface area contributed by atoms with Crippen molar-refractivity contribution in [1.82, 2.24) is 9.78 Å². The fourth-order valence-electron chi connectivity index (χ4n) is 2.24. The van der Waals surface area contributed by atoms with Crippen LogP contribution in [0.25, 0.3) is 5.69 Å². The van der Waals surface area contributed by atoms with E-state index in [2.05, 4.69) is 10.4 Å². The Kier molecular flexibility index (Phi) is 4.47. The van der Waals surface area contributed by atoms with E-state index in [1.54, 1.807) is 42.3 Å². The van der Waals surface area contributed by atoms with Crippen LogP contribution in [-0.2, 0) is 0 Å². The number of benzene rings is 2. The quantitative estimate of drug-likeness (QED) is 0.783. The molecule has 1 aromatic heterocycles. The predicted octanol–water partition coefficient (Wildman–Crippen LogP) is 3.14. The molecule has 6 nitrogen and oxygen atoms in total. The van der Waals surface area contributed by atoms with E-state index in [4.69, 9.17) is 9.47 Å². The summed E-state index contributed by atoms with van der Waals surface area (Å²) in [6.07, 6.45) is 1.68. The lowest BCUT2D eigenvalue weighted by Crippen LogP contribution is -2.14. The SMILES string of the molecule is COc1ccc(NC(=O)c2nn(-c3ccccc3)cc2OC)cc1. The van der Waals surface area contributed by atoms with Gasteiger partial charge in [0, 0.05) is 5.69 Å². The van der Waals surface area contributed by atoms with Crippen molar-refractivity contribution in [2.45, 2.75) is 0 Å². The topological polar surface area (TPSA) is 65.4 Å². The van der Waals surface area contributed by atoms with Crippen molar-refractivity contribution in [3.8, 4) is 17.2 Å². The van der Waals surface area contributed by atoms with E-state index >= 15 is 0 Å². The van der Waals surface area contributed by atoms with Crippen molar-refractivity contribution in [3.05, 3.63) is 66.5 Å². The van der Waals surface area contributed by atoms with Crippen LogP contribution in [0.15, 0.2) is 60.8 Å². The van der Waals surface area contributed by atoms with Crippen LogP contribution >= 0.6 is 0 Å². The van der Waals surface area contributed by atoms with Crippen LogP contribution in [0, 0.1) is 0 Å². The average Bonchev–Trinajstić information content (AvgIpc) is 3.08. The van der Waals surface area contributed by atoms with Gasteiger partial charge in [-0.2, -0.15) is 5.10 Å². The van der Waals surface area contributed by atoms with Crippen molar-refractivity contribution >= 4 is 11.6 Å². The van der Waals surface area contributed by atoms with Gasteiger partial charge in [-0.25, -0.2) is 4.68 Å². The van der Waals surface area contributed by atoms with E-state index in [1.807, 2.05) is 30.3 Å². The van der Waals surface area contributed by atoms with Gasteiger partial charge in [-0.3, -0.25) is 4.79 Å². The van der Waals surface area contributed by atoms with Crippen molar-refractivity contribution in [2.24, 2.45) is 0 Å². The fraction of sp³-hybridized carbons (Fsp3) is 0.111. The zero-order valence-electron chi connectivity index (χ0n) is 13.4. The molecule has 0 saturated heterocycles. The summed E-state index contributed by atoms with van der Waals surface area (Å²) in [4.78, 5) is 12.5. The van der Waals surface area contributed by atoms with E-state index in [-0.39, 0.29) is 11.6 Å². The molecule has 0 aliphatic rings. The van der Waals surface area contributed by atoms with E-state index in [0.29, 0.717) is 11.4 Å². The molecule has 0 spiro atoms. The Bertz CT molecular complexity index is 826. The van der Waals surface area contributed by atoms with Crippen LogP contribution in [0.1, 0.15) is 10.5 Å². The summed E-state index contributed by atoms with van der Waals surface area (Å²) in [5.41, 5.74) is 1.72.